The first-order valence-electron chi connectivity index (χ1n) is 8.07. The van der Waals surface area contributed by atoms with Crippen LogP contribution in [0.2, 0.25) is 0 Å². The molecule has 0 atom stereocenters. The van der Waals surface area contributed by atoms with Crippen LogP contribution < -0.4 is 5.32 Å². The molecule has 0 aromatic heterocycles. The number of likely N-dealkylation sites (tertiary alicyclic amines) is 1. The van der Waals surface area contributed by atoms with Gasteiger partial charge in [0.1, 0.15) is 20.5 Å². The molecule has 6 nitrogen and oxygen atoms in total. The summed E-state index contributed by atoms with van der Waals surface area (Å²) in [5, 5.41) is 2.76. The molecule has 1 fully saturated rings. The van der Waals surface area contributed by atoms with E-state index in [4.69, 9.17) is 0 Å². The van der Waals surface area contributed by atoms with Gasteiger partial charge in [-0.3, -0.25) is 0 Å². The maximum absolute atomic E-state index is 13.4. The van der Waals surface area contributed by atoms with E-state index < -0.39 is 35.9 Å². The van der Waals surface area contributed by atoms with Crippen molar-refractivity contribution in [3.63, 3.8) is 0 Å². The summed E-state index contributed by atoms with van der Waals surface area (Å²) in [6.07, 6.45) is 2.09. The summed E-state index contributed by atoms with van der Waals surface area (Å²) in [5.41, 5.74) is -5.84. The second-order valence-electron chi connectivity index (χ2n) is 6.48. The molecule has 1 saturated heterocycles. The Morgan fingerprint density at radius 2 is 1.74 bits per heavy atom. The number of nitrogens with zero attached hydrogens (tertiary/aromatic N) is 1. The molecule has 1 aromatic carbocycles. The van der Waals surface area contributed by atoms with Crippen LogP contribution >= 0.6 is 0 Å². The minimum atomic E-state index is -5.70. The first kappa shape index (κ1) is 21.9. The normalized spacial score (nSPS) is 17.8. The molecule has 0 unspecified atom stereocenters. The second-order valence-corrected chi connectivity index (χ2v) is 10.6. The van der Waals surface area contributed by atoms with E-state index in [2.05, 4.69) is 5.32 Å². The van der Waals surface area contributed by atoms with E-state index in [1.807, 2.05) is 4.90 Å². The zero-order valence-corrected chi connectivity index (χ0v) is 16.1. The Kier molecular flexibility index (Phi) is 6.42. The minimum Gasteiger partial charge on any atom is -0.381 e. The molecule has 1 aliphatic heterocycles. The molecular formula is C15H20F4N2O4S2. The van der Waals surface area contributed by atoms with Crippen LogP contribution in [0.5, 0.6) is 0 Å². The highest BCUT2D eigenvalue weighted by Crippen LogP contribution is 2.35. The average Bonchev–Trinajstić information content (AvgIpc) is 2.54. The smallest absolute Gasteiger partial charge is 0.381 e. The summed E-state index contributed by atoms with van der Waals surface area (Å²) >= 11 is 0. The first-order valence-corrected chi connectivity index (χ1v) is 11.6. The van der Waals surface area contributed by atoms with Crippen LogP contribution in [0.3, 0.4) is 0 Å². The summed E-state index contributed by atoms with van der Waals surface area (Å²) < 4.78 is 97.7. The van der Waals surface area contributed by atoms with E-state index in [-0.39, 0.29) is 17.5 Å². The van der Waals surface area contributed by atoms with Gasteiger partial charge in [0.2, 0.25) is 0 Å². The van der Waals surface area contributed by atoms with Gasteiger partial charge in [-0.1, -0.05) is 0 Å². The van der Waals surface area contributed by atoms with Gasteiger partial charge in [0.05, 0.1) is 11.4 Å². The molecule has 0 spiro atoms. The Balaban J connectivity index is 2.09. The summed E-state index contributed by atoms with van der Waals surface area (Å²) in [6.45, 7) is 1.38. The molecule has 1 N–H and O–H groups in total. The van der Waals surface area contributed by atoms with E-state index in [1.54, 1.807) is 0 Å². The quantitative estimate of drug-likeness (QED) is 0.693. The van der Waals surface area contributed by atoms with Crippen LogP contribution in [0, 0.1) is 5.82 Å². The van der Waals surface area contributed by atoms with Crippen LogP contribution in [-0.2, 0) is 19.7 Å². The predicted octanol–water partition coefficient (Wildman–Crippen LogP) is 2.04. The zero-order chi connectivity index (χ0) is 20.5. The Bertz CT molecular complexity index is 878. The SMILES string of the molecule is CS(=O)(=O)CCN1CCC(Nc2ccc(F)cc2S(=O)(=O)C(F)(F)F)CC1. The number of alkyl halides is 3. The van der Waals surface area contributed by atoms with Crippen molar-refractivity contribution in [1.29, 1.82) is 0 Å². The Morgan fingerprint density at radius 3 is 2.26 bits per heavy atom. The topological polar surface area (TPSA) is 83.6 Å². The van der Waals surface area contributed by atoms with Crippen LogP contribution in [0.1, 0.15) is 12.8 Å². The van der Waals surface area contributed by atoms with Gasteiger partial charge in [0, 0.05) is 31.9 Å². The molecule has 12 heteroatoms. The third kappa shape index (κ3) is 5.79. The molecule has 0 radical (unpaired) electrons. The van der Waals surface area contributed by atoms with Crippen molar-refractivity contribution in [1.82, 2.24) is 4.90 Å². The van der Waals surface area contributed by atoms with Gasteiger partial charge in [-0.2, -0.15) is 13.2 Å². The number of piperidine rings is 1. The van der Waals surface area contributed by atoms with Crippen molar-refractivity contribution in [2.45, 2.75) is 29.3 Å². The van der Waals surface area contributed by atoms with Crippen molar-refractivity contribution >= 4 is 25.4 Å². The maximum Gasteiger partial charge on any atom is 0.501 e. The third-order valence-electron chi connectivity index (χ3n) is 4.26. The van der Waals surface area contributed by atoms with Crippen molar-refractivity contribution in [2.24, 2.45) is 0 Å². The lowest BCUT2D eigenvalue weighted by Crippen LogP contribution is -2.41. The molecule has 2 rings (SSSR count). The molecular weight excluding hydrogens is 412 g/mol. The number of sulfone groups is 2. The molecule has 0 bridgehead atoms. The molecule has 154 valence electrons. The van der Waals surface area contributed by atoms with E-state index >= 15 is 0 Å². The standard InChI is InChI=1S/C15H20F4N2O4S2/c1-26(22,23)9-8-21-6-4-12(5-7-21)20-13-3-2-11(16)10-14(13)27(24,25)15(17,18)19/h2-3,10,12,20H,4-9H2,1H3. The molecule has 0 amide bonds. The highest BCUT2D eigenvalue weighted by molar-refractivity contribution is 7.92. The van der Waals surface area contributed by atoms with Gasteiger partial charge >= 0.3 is 5.51 Å². The number of nitrogens with one attached hydrogen (secondary N) is 1. The van der Waals surface area contributed by atoms with Crippen molar-refractivity contribution in [3.05, 3.63) is 24.0 Å². The summed E-state index contributed by atoms with van der Waals surface area (Å²) in [4.78, 5) is 0.770. The lowest BCUT2D eigenvalue weighted by atomic mass is 10.0. The summed E-state index contributed by atoms with van der Waals surface area (Å²) in [7, 11) is -8.79. The van der Waals surface area contributed by atoms with Crippen molar-refractivity contribution < 1.29 is 34.4 Å². The second kappa shape index (κ2) is 7.92. The monoisotopic (exact) mass is 432 g/mol. The first-order chi connectivity index (χ1) is 12.3. The van der Waals surface area contributed by atoms with Gasteiger partial charge in [0.25, 0.3) is 9.84 Å². The number of benzene rings is 1. The van der Waals surface area contributed by atoms with Crippen LogP contribution in [-0.4, -0.2) is 64.9 Å². The van der Waals surface area contributed by atoms with Gasteiger partial charge in [-0.05, 0) is 31.0 Å². The van der Waals surface area contributed by atoms with E-state index in [9.17, 15) is 34.4 Å². The van der Waals surface area contributed by atoms with Crippen LogP contribution in [0.4, 0.5) is 23.2 Å². The predicted molar refractivity (Wildman–Crippen MR) is 92.4 cm³/mol. The van der Waals surface area contributed by atoms with Crippen LogP contribution in [0.15, 0.2) is 23.1 Å². The third-order valence-corrected chi connectivity index (χ3v) is 6.71. The number of anilines is 1. The molecule has 1 aliphatic rings. The Morgan fingerprint density at radius 1 is 1.15 bits per heavy atom. The number of halogens is 4. The fourth-order valence-corrected chi connectivity index (χ4v) is 4.30. The zero-order valence-electron chi connectivity index (χ0n) is 14.5. The lowest BCUT2D eigenvalue weighted by Gasteiger charge is -2.33. The molecule has 27 heavy (non-hydrogen) atoms. The van der Waals surface area contributed by atoms with Crippen molar-refractivity contribution in [2.75, 3.05) is 37.0 Å². The fourth-order valence-electron chi connectivity index (χ4n) is 2.78. The Labute approximate surface area is 155 Å². The van der Waals surface area contributed by atoms with E-state index in [1.165, 1.54) is 0 Å². The molecule has 0 saturated carbocycles. The minimum absolute atomic E-state index is 0.0109. The molecule has 1 heterocycles. The van der Waals surface area contributed by atoms with Crippen molar-refractivity contribution in [3.8, 4) is 0 Å². The number of hydrogen-bond donors (Lipinski definition) is 1. The average molecular weight is 432 g/mol. The highest BCUT2D eigenvalue weighted by atomic mass is 32.2. The van der Waals surface area contributed by atoms with Gasteiger partial charge in [-0.15, -0.1) is 0 Å². The Hall–Kier alpha value is -1.40. The fraction of sp³-hybridized carbons (Fsp3) is 0.600. The van der Waals surface area contributed by atoms with Gasteiger partial charge in [0.15, 0.2) is 0 Å². The highest BCUT2D eigenvalue weighted by Gasteiger charge is 2.48. The number of hydrogen-bond acceptors (Lipinski definition) is 6. The van der Waals surface area contributed by atoms with Gasteiger partial charge < -0.3 is 10.2 Å². The summed E-state index contributed by atoms with van der Waals surface area (Å²) in [6, 6.07) is 1.90. The largest absolute Gasteiger partial charge is 0.501 e. The summed E-state index contributed by atoms with van der Waals surface area (Å²) in [5.74, 6) is -1.07. The molecule has 1 aromatic rings. The van der Waals surface area contributed by atoms with Crippen LogP contribution in [0.25, 0.3) is 0 Å². The molecule has 0 aliphatic carbocycles. The lowest BCUT2D eigenvalue weighted by molar-refractivity contribution is -0.0435. The van der Waals surface area contributed by atoms with E-state index in [0.29, 0.717) is 38.5 Å². The number of rotatable bonds is 6. The van der Waals surface area contributed by atoms with E-state index in [0.717, 1.165) is 18.4 Å². The van der Waals surface area contributed by atoms with Gasteiger partial charge in [-0.25, -0.2) is 21.2 Å². The maximum atomic E-state index is 13.4.